The quantitative estimate of drug-likeness (QED) is 0.329. The molecular weight excluding hydrogens is 380 g/mol. The fourth-order valence-electron chi connectivity index (χ4n) is 3.23. The molecule has 2 rings (SSSR count). The minimum absolute atomic E-state index is 0.0922. The molecule has 162 valence electrons. The largest absolute Gasteiger partial charge is 0.493 e. The lowest BCUT2D eigenvalue weighted by atomic mass is 10.0. The van der Waals surface area contributed by atoms with Gasteiger partial charge in [0.15, 0.2) is 17.3 Å². The van der Waals surface area contributed by atoms with E-state index in [1.54, 1.807) is 24.3 Å². The standard InChI is InChI=1S/C25H32O5/c1-6-19-22(27-7-2)20(16-17-21(26)18-14-12-11-13-15-18)24(29-9-4)25(30-10-5)23(19)28-8-3/h11-17H,6-10H2,1-5H3. The molecule has 2 aromatic rings. The van der Waals surface area contributed by atoms with Crippen LogP contribution in [0.4, 0.5) is 0 Å². The van der Waals surface area contributed by atoms with Crippen LogP contribution < -0.4 is 18.9 Å². The van der Waals surface area contributed by atoms with Crippen molar-refractivity contribution < 1.29 is 23.7 Å². The van der Waals surface area contributed by atoms with Crippen LogP contribution in [-0.4, -0.2) is 32.2 Å². The summed E-state index contributed by atoms with van der Waals surface area (Å²) in [5.41, 5.74) is 2.21. The monoisotopic (exact) mass is 412 g/mol. The summed E-state index contributed by atoms with van der Waals surface area (Å²) in [6.45, 7) is 11.6. The number of benzene rings is 2. The molecule has 5 heteroatoms. The Morgan fingerprint density at radius 3 is 1.83 bits per heavy atom. The predicted octanol–water partition coefficient (Wildman–Crippen LogP) is 5.74. The molecule has 2 aromatic carbocycles. The molecule has 0 aromatic heterocycles. The Kier molecular flexibility index (Phi) is 9.26. The zero-order valence-electron chi connectivity index (χ0n) is 18.6. The van der Waals surface area contributed by atoms with Crippen molar-refractivity contribution in [1.82, 2.24) is 0 Å². The second-order valence-corrected chi connectivity index (χ2v) is 6.36. The SMILES string of the molecule is CCOc1c(C=CC(=O)c2ccccc2)c(OCC)c(OCC)c(OCC)c1CC. The summed E-state index contributed by atoms with van der Waals surface area (Å²) in [4.78, 5) is 12.7. The maximum atomic E-state index is 12.7. The molecular formula is C25H32O5. The lowest BCUT2D eigenvalue weighted by molar-refractivity contribution is 0.104. The molecule has 0 aliphatic rings. The van der Waals surface area contributed by atoms with E-state index in [-0.39, 0.29) is 5.78 Å². The third-order valence-electron chi connectivity index (χ3n) is 4.42. The van der Waals surface area contributed by atoms with Crippen LogP contribution in [0.15, 0.2) is 36.4 Å². The highest BCUT2D eigenvalue weighted by Crippen LogP contribution is 2.50. The topological polar surface area (TPSA) is 54.0 Å². The average molecular weight is 413 g/mol. The van der Waals surface area contributed by atoms with Crippen molar-refractivity contribution in [3.05, 3.63) is 53.1 Å². The van der Waals surface area contributed by atoms with E-state index in [0.717, 1.165) is 5.56 Å². The van der Waals surface area contributed by atoms with E-state index in [2.05, 4.69) is 0 Å². The van der Waals surface area contributed by atoms with Crippen LogP contribution in [0.25, 0.3) is 6.08 Å². The van der Waals surface area contributed by atoms with Crippen LogP contribution in [-0.2, 0) is 6.42 Å². The molecule has 0 aliphatic heterocycles. The molecule has 0 N–H and O–H groups in total. The second kappa shape index (κ2) is 11.9. The summed E-state index contributed by atoms with van der Waals surface area (Å²) in [5.74, 6) is 2.28. The van der Waals surface area contributed by atoms with Crippen LogP contribution in [0.1, 0.15) is 56.1 Å². The number of ether oxygens (including phenoxy) is 4. The number of hydrogen-bond donors (Lipinski definition) is 0. The highest BCUT2D eigenvalue weighted by Gasteiger charge is 2.26. The molecule has 0 aliphatic carbocycles. The van der Waals surface area contributed by atoms with Crippen LogP contribution in [0.2, 0.25) is 0 Å². The molecule has 0 heterocycles. The van der Waals surface area contributed by atoms with E-state index < -0.39 is 0 Å². The van der Waals surface area contributed by atoms with Crippen LogP contribution >= 0.6 is 0 Å². The molecule has 0 atom stereocenters. The molecule has 0 saturated heterocycles. The zero-order valence-corrected chi connectivity index (χ0v) is 18.6. The lowest BCUT2D eigenvalue weighted by Crippen LogP contribution is -2.09. The predicted molar refractivity (Wildman–Crippen MR) is 120 cm³/mol. The summed E-state index contributed by atoms with van der Waals surface area (Å²) < 4.78 is 23.9. The molecule has 0 unspecified atom stereocenters. The minimum Gasteiger partial charge on any atom is -0.493 e. The number of rotatable bonds is 12. The highest BCUT2D eigenvalue weighted by molar-refractivity contribution is 6.07. The van der Waals surface area contributed by atoms with Crippen molar-refractivity contribution in [2.24, 2.45) is 0 Å². The van der Waals surface area contributed by atoms with E-state index >= 15 is 0 Å². The Morgan fingerprint density at radius 2 is 1.27 bits per heavy atom. The first-order valence-electron chi connectivity index (χ1n) is 10.6. The zero-order chi connectivity index (χ0) is 21.9. The van der Waals surface area contributed by atoms with Gasteiger partial charge in [-0.3, -0.25) is 4.79 Å². The molecule has 0 saturated carbocycles. The van der Waals surface area contributed by atoms with Gasteiger partial charge in [0.1, 0.15) is 5.75 Å². The van der Waals surface area contributed by atoms with Gasteiger partial charge < -0.3 is 18.9 Å². The number of ketones is 1. The van der Waals surface area contributed by atoms with E-state index in [1.165, 1.54) is 0 Å². The number of carbonyl (C=O) groups excluding carboxylic acids is 1. The van der Waals surface area contributed by atoms with Gasteiger partial charge >= 0.3 is 0 Å². The first kappa shape index (κ1) is 23.3. The summed E-state index contributed by atoms with van der Waals surface area (Å²) >= 11 is 0. The van der Waals surface area contributed by atoms with Crippen LogP contribution in [0, 0.1) is 0 Å². The summed E-state index contributed by atoms with van der Waals surface area (Å²) in [6, 6.07) is 9.16. The molecule has 5 nitrogen and oxygen atoms in total. The molecule has 0 amide bonds. The van der Waals surface area contributed by atoms with Crippen molar-refractivity contribution in [2.75, 3.05) is 26.4 Å². The Balaban J connectivity index is 2.71. The first-order chi connectivity index (χ1) is 14.6. The van der Waals surface area contributed by atoms with Gasteiger partial charge in [-0.25, -0.2) is 0 Å². The first-order valence-corrected chi connectivity index (χ1v) is 10.6. The van der Waals surface area contributed by atoms with Gasteiger partial charge in [-0.15, -0.1) is 0 Å². The molecule has 0 fully saturated rings. The number of hydrogen-bond acceptors (Lipinski definition) is 5. The van der Waals surface area contributed by atoms with Crippen LogP contribution in [0.3, 0.4) is 0 Å². The van der Waals surface area contributed by atoms with Gasteiger partial charge in [0.25, 0.3) is 0 Å². The third kappa shape index (κ3) is 5.35. The Morgan fingerprint density at radius 1 is 0.733 bits per heavy atom. The lowest BCUT2D eigenvalue weighted by Gasteiger charge is -2.24. The van der Waals surface area contributed by atoms with Crippen molar-refractivity contribution in [3.8, 4) is 23.0 Å². The molecule has 0 radical (unpaired) electrons. The van der Waals surface area contributed by atoms with E-state index in [9.17, 15) is 4.79 Å². The molecule has 0 spiro atoms. The van der Waals surface area contributed by atoms with Gasteiger partial charge in [0, 0.05) is 11.1 Å². The maximum absolute atomic E-state index is 12.7. The average Bonchev–Trinajstić information content (AvgIpc) is 2.76. The normalized spacial score (nSPS) is 10.8. The highest BCUT2D eigenvalue weighted by atomic mass is 16.5. The minimum atomic E-state index is -0.0922. The molecule has 30 heavy (non-hydrogen) atoms. The summed E-state index contributed by atoms with van der Waals surface area (Å²) in [6.07, 6.45) is 3.98. The molecule has 0 bridgehead atoms. The third-order valence-corrected chi connectivity index (χ3v) is 4.42. The summed E-state index contributed by atoms with van der Waals surface area (Å²) in [5, 5.41) is 0. The Hall–Kier alpha value is -2.95. The Bertz CT molecular complexity index is 856. The number of carbonyl (C=O) groups is 1. The smallest absolute Gasteiger partial charge is 0.204 e. The van der Waals surface area contributed by atoms with Gasteiger partial charge in [0.05, 0.1) is 32.0 Å². The van der Waals surface area contributed by atoms with Gasteiger partial charge in [-0.05, 0) is 46.3 Å². The second-order valence-electron chi connectivity index (χ2n) is 6.36. The van der Waals surface area contributed by atoms with Crippen molar-refractivity contribution in [2.45, 2.75) is 41.0 Å². The fourth-order valence-corrected chi connectivity index (χ4v) is 3.23. The fraction of sp³-hybridized carbons (Fsp3) is 0.400. The van der Waals surface area contributed by atoms with Gasteiger partial charge in [-0.1, -0.05) is 37.3 Å². The van der Waals surface area contributed by atoms with Crippen molar-refractivity contribution in [1.29, 1.82) is 0 Å². The van der Waals surface area contributed by atoms with Crippen molar-refractivity contribution >= 4 is 11.9 Å². The van der Waals surface area contributed by atoms with E-state index in [4.69, 9.17) is 18.9 Å². The van der Waals surface area contributed by atoms with E-state index in [1.807, 2.05) is 52.8 Å². The maximum Gasteiger partial charge on any atom is 0.204 e. The van der Waals surface area contributed by atoms with Gasteiger partial charge in [-0.2, -0.15) is 0 Å². The van der Waals surface area contributed by atoms with Crippen molar-refractivity contribution in [3.63, 3.8) is 0 Å². The van der Waals surface area contributed by atoms with Crippen LogP contribution in [0.5, 0.6) is 23.0 Å². The van der Waals surface area contributed by atoms with Gasteiger partial charge in [0.2, 0.25) is 5.75 Å². The number of allylic oxidation sites excluding steroid dienone is 1. The summed E-state index contributed by atoms with van der Waals surface area (Å²) in [7, 11) is 0. The van der Waals surface area contributed by atoms with E-state index in [0.29, 0.717) is 67.0 Å². The Labute approximate surface area is 179 Å².